The third-order valence-corrected chi connectivity index (χ3v) is 3.46. The van der Waals surface area contributed by atoms with Crippen LogP contribution in [0.25, 0.3) is 0 Å². The van der Waals surface area contributed by atoms with Crippen molar-refractivity contribution in [2.24, 2.45) is 7.05 Å². The Morgan fingerprint density at radius 1 is 1.21 bits per heavy atom. The van der Waals surface area contributed by atoms with Gasteiger partial charge >= 0.3 is 6.18 Å². The minimum Gasteiger partial charge on any atom is -0.347 e. The van der Waals surface area contributed by atoms with E-state index in [0.717, 1.165) is 12.1 Å². The zero-order valence-corrected chi connectivity index (χ0v) is 12.9. The number of alkyl halides is 3. The maximum absolute atomic E-state index is 13.1. The molecule has 0 radical (unpaired) electrons. The molecule has 0 aliphatic carbocycles. The fourth-order valence-corrected chi connectivity index (χ4v) is 2.22. The van der Waals surface area contributed by atoms with Crippen LogP contribution >= 0.6 is 0 Å². The Hall–Kier alpha value is -2.64. The van der Waals surface area contributed by atoms with Crippen LogP contribution in [0.5, 0.6) is 0 Å². The van der Waals surface area contributed by atoms with Crippen LogP contribution < -0.4 is 5.32 Å². The lowest BCUT2D eigenvalue weighted by Gasteiger charge is -2.13. The Morgan fingerprint density at radius 3 is 2.42 bits per heavy atom. The summed E-state index contributed by atoms with van der Waals surface area (Å²) in [5, 5.41) is 2.35. The molecule has 1 N–H and O–H groups in total. The average molecular weight is 342 g/mol. The van der Waals surface area contributed by atoms with E-state index in [1.54, 1.807) is 7.05 Å². The highest BCUT2D eigenvalue weighted by molar-refractivity contribution is 5.99. The van der Waals surface area contributed by atoms with Crippen LogP contribution in [0.4, 0.5) is 17.6 Å². The number of carbonyl (C=O) groups excluding carboxylic acids is 2. The average Bonchev–Trinajstić information content (AvgIpc) is 2.87. The van der Waals surface area contributed by atoms with Gasteiger partial charge < -0.3 is 9.88 Å². The highest BCUT2D eigenvalue weighted by Crippen LogP contribution is 2.32. The van der Waals surface area contributed by atoms with E-state index in [-0.39, 0.29) is 17.0 Å². The molecule has 0 saturated carbocycles. The molecule has 0 unspecified atom stereocenters. The number of hydrogen-bond donors (Lipinski definition) is 1. The number of aromatic nitrogens is 1. The van der Waals surface area contributed by atoms with Gasteiger partial charge in [-0.1, -0.05) is 6.07 Å². The van der Waals surface area contributed by atoms with E-state index in [9.17, 15) is 27.2 Å². The summed E-state index contributed by atoms with van der Waals surface area (Å²) < 4.78 is 53.2. The van der Waals surface area contributed by atoms with Crippen molar-refractivity contribution in [1.82, 2.24) is 9.88 Å². The number of ketones is 1. The normalized spacial score (nSPS) is 11.4. The van der Waals surface area contributed by atoms with Crippen LogP contribution in [0.3, 0.4) is 0 Å². The Balaban J connectivity index is 2.20. The van der Waals surface area contributed by atoms with Gasteiger partial charge in [0.25, 0.3) is 5.91 Å². The fourth-order valence-electron chi connectivity index (χ4n) is 2.22. The molecule has 1 heterocycles. The minimum absolute atomic E-state index is 0.135. The number of amides is 1. The number of rotatable bonds is 4. The van der Waals surface area contributed by atoms with E-state index >= 15 is 0 Å². The monoisotopic (exact) mass is 342 g/mol. The highest BCUT2D eigenvalue weighted by atomic mass is 19.4. The van der Waals surface area contributed by atoms with E-state index in [1.807, 2.05) is 0 Å². The van der Waals surface area contributed by atoms with Crippen molar-refractivity contribution in [3.63, 3.8) is 0 Å². The van der Waals surface area contributed by atoms with E-state index < -0.39 is 30.0 Å². The number of aryl methyl sites for hydroxylation is 1. The third-order valence-electron chi connectivity index (χ3n) is 3.46. The lowest BCUT2D eigenvalue weighted by atomic mass is 10.1. The molecule has 0 spiro atoms. The van der Waals surface area contributed by atoms with Gasteiger partial charge in [-0.05, 0) is 30.7 Å². The minimum atomic E-state index is -4.73. The van der Waals surface area contributed by atoms with Crippen molar-refractivity contribution >= 4 is 11.7 Å². The summed E-state index contributed by atoms with van der Waals surface area (Å²) in [5.74, 6) is -1.88. The number of nitrogens with zero attached hydrogens (tertiary/aromatic N) is 1. The summed E-state index contributed by atoms with van der Waals surface area (Å²) in [6.45, 7) is 0.916. The van der Waals surface area contributed by atoms with Gasteiger partial charge in [-0.2, -0.15) is 13.2 Å². The van der Waals surface area contributed by atoms with Crippen molar-refractivity contribution in [2.75, 3.05) is 0 Å². The second kappa shape index (κ2) is 6.46. The third kappa shape index (κ3) is 3.81. The molecule has 1 aromatic heterocycles. The van der Waals surface area contributed by atoms with Gasteiger partial charge in [0, 0.05) is 25.4 Å². The van der Waals surface area contributed by atoms with Crippen LogP contribution in [0.1, 0.15) is 38.9 Å². The molecular formula is C16H14F4N2O2. The summed E-state index contributed by atoms with van der Waals surface area (Å²) in [4.78, 5) is 23.4. The lowest BCUT2D eigenvalue weighted by Crippen LogP contribution is -2.26. The summed E-state index contributed by atoms with van der Waals surface area (Å²) in [5.41, 5.74) is -0.936. The molecule has 0 saturated heterocycles. The maximum atomic E-state index is 13.1. The van der Waals surface area contributed by atoms with Crippen molar-refractivity contribution in [2.45, 2.75) is 19.6 Å². The molecule has 2 aromatic rings. The number of halogens is 4. The first kappa shape index (κ1) is 17.7. The van der Waals surface area contributed by atoms with E-state index in [4.69, 9.17) is 0 Å². The van der Waals surface area contributed by atoms with Gasteiger partial charge in [0.1, 0.15) is 11.5 Å². The van der Waals surface area contributed by atoms with Gasteiger partial charge in [0.05, 0.1) is 5.56 Å². The predicted molar refractivity (Wildman–Crippen MR) is 78.0 cm³/mol. The van der Waals surface area contributed by atoms with Gasteiger partial charge in [0.15, 0.2) is 5.78 Å². The second-order valence-electron chi connectivity index (χ2n) is 5.26. The summed E-state index contributed by atoms with van der Waals surface area (Å²) in [6, 6.07) is 3.61. The van der Waals surface area contributed by atoms with Crippen molar-refractivity contribution in [3.8, 4) is 0 Å². The van der Waals surface area contributed by atoms with Crippen molar-refractivity contribution < 1.29 is 27.2 Å². The largest absolute Gasteiger partial charge is 0.416 e. The first-order valence-corrected chi connectivity index (χ1v) is 6.90. The lowest BCUT2D eigenvalue weighted by molar-refractivity contribution is -0.138. The fraction of sp³-hybridized carbons (Fsp3) is 0.250. The first-order valence-electron chi connectivity index (χ1n) is 6.90. The first-order chi connectivity index (χ1) is 11.1. The smallest absolute Gasteiger partial charge is 0.347 e. The van der Waals surface area contributed by atoms with Crippen molar-refractivity contribution in [1.29, 1.82) is 0 Å². The molecule has 128 valence electrons. The molecule has 4 nitrogen and oxygen atoms in total. The summed E-state index contributed by atoms with van der Waals surface area (Å²) in [7, 11) is 1.54. The molecule has 0 aliphatic heterocycles. The zero-order chi connectivity index (χ0) is 18.1. The van der Waals surface area contributed by atoms with Crippen LogP contribution in [0.2, 0.25) is 0 Å². The maximum Gasteiger partial charge on any atom is 0.416 e. The van der Waals surface area contributed by atoms with E-state index in [0.29, 0.717) is 11.6 Å². The van der Waals surface area contributed by atoms with Gasteiger partial charge in [0.2, 0.25) is 0 Å². The topological polar surface area (TPSA) is 51.1 Å². The van der Waals surface area contributed by atoms with E-state index in [1.165, 1.54) is 23.8 Å². The van der Waals surface area contributed by atoms with Gasteiger partial charge in [-0.25, -0.2) is 4.39 Å². The van der Waals surface area contributed by atoms with Crippen LogP contribution in [0, 0.1) is 5.82 Å². The van der Waals surface area contributed by atoms with Gasteiger partial charge in [-0.15, -0.1) is 0 Å². The molecular weight excluding hydrogens is 328 g/mol. The second-order valence-corrected chi connectivity index (χ2v) is 5.26. The molecule has 0 bridgehead atoms. The molecule has 0 fully saturated rings. The Labute approximate surface area is 135 Å². The number of Topliss-reactive ketones (excluding diaryl/α,β-unsaturated/α-hetero) is 1. The molecule has 0 atom stereocenters. The van der Waals surface area contributed by atoms with Gasteiger partial charge in [-0.3, -0.25) is 9.59 Å². The predicted octanol–water partition coefficient (Wildman–Crippen LogP) is 3.32. The molecule has 1 aromatic carbocycles. The Morgan fingerprint density at radius 2 is 1.88 bits per heavy atom. The van der Waals surface area contributed by atoms with E-state index in [2.05, 4.69) is 5.32 Å². The summed E-state index contributed by atoms with van der Waals surface area (Å²) >= 11 is 0. The summed E-state index contributed by atoms with van der Waals surface area (Å²) in [6.07, 6.45) is -3.27. The highest BCUT2D eigenvalue weighted by Gasteiger charge is 2.33. The molecule has 24 heavy (non-hydrogen) atoms. The van der Waals surface area contributed by atoms with Crippen molar-refractivity contribution in [3.05, 3.63) is 58.7 Å². The number of nitrogens with one attached hydrogen (secondary N) is 1. The Kier molecular flexibility index (Phi) is 4.77. The molecule has 2 rings (SSSR count). The standard InChI is InChI=1S/C16H14F4N2O2/c1-9(23)11-5-14(22(2)8-11)15(24)21-7-10-3-4-12(17)6-13(10)16(18,19)20/h3-6,8H,7H2,1-2H3,(H,21,24). The number of hydrogen-bond acceptors (Lipinski definition) is 2. The van der Waals surface area contributed by atoms with Crippen LogP contribution in [-0.2, 0) is 19.8 Å². The Bertz CT molecular complexity index is 794. The molecule has 8 heteroatoms. The zero-order valence-electron chi connectivity index (χ0n) is 12.9. The van der Waals surface area contributed by atoms with Crippen LogP contribution in [-0.4, -0.2) is 16.3 Å². The quantitative estimate of drug-likeness (QED) is 0.685. The number of benzene rings is 1. The SMILES string of the molecule is CC(=O)c1cc(C(=O)NCc2ccc(F)cc2C(F)(F)F)n(C)c1. The van der Waals surface area contributed by atoms with Crippen LogP contribution in [0.15, 0.2) is 30.5 Å². The molecule has 0 aliphatic rings. The molecule has 1 amide bonds. The number of carbonyl (C=O) groups is 2.